The highest BCUT2D eigenvalue weighted by Gasteiger charge is 2.10. The Kier molecular flexibility index (Phi) is 4.59. The van der Waals surface area contributed by atoms with E-state index in [9.17, 15) is 4.79 Å². The Bertz CT molecular complexity index is 1040. The van der Waals surface area contributed by atoms with Crippen LogP contribution >= 0.6 is 27.3 Å². The van der Waals surface area contributed by atoms with Gasteiger partial charge in [-0.05, 0) is 36.4 Å². The van der Waals surface area contributed by atoms with Gasteiger partial charge in [0.1, 0.15) is 12.7 Å². The molecule has 0 saturated heterocycles. The molecule has 0 bridgehead atoms. The summed E-state index contributed by atoms with van der Waals surface area (Å²) in [5.74, 6) is -0.203. The van der Waals surface area contributed by atoms with Gasteiger partial charge in [-0.1, -0.05) is 28.1 Å². The molecule has 2 aromatic carbocycles. The molecule has 2 aromatic heterocycles. The molecule has 0 atom stereocenters. The predicted molar refractivity (Wildman–Crippen MR) is 105 cm³/mol. The lowest BCUT2D eigenvalue weighted by atomic mass is 10.2. The fourth-order valence-corrected chi connectivity index (χ4v) is 3.50. The largest absolute Gasteiger partial charge is 0.298 e. The van der Waals surface area contributed by atoms with Gasteiger partial charge < -0.3 is 0 Å². The third kappa shape index (κ3) is 3.56. The number of nitrogens with zero attached hydrogens (tertiary/aromatic N) is 4. The van der Waals surface area contributed by atoms with Crippen LogP contribution in [-0.2, 0) is 0 Å². The van der Waals surface area contributed by atoms with Crippen LogP contribution < -0.4 is 5.32 Å². The van der Waals surface area contributed by atoms with Gasteiger partial charge in [0, 0.05) is 21.0 Å². The average molecular weight is 426 g/mol. The fraction of sp³-hybridized carbons (Fsp3) is 0. The molecule has 4 aromatic rings. The molecular formula is C18H12BrN5OS. The van der Waals surface area contributed by atoms with E-state index in [0.29, 0.717) is 10.7 Å². The Balaban J connectivity index is 1.48. The molecule has 1 amide bonds. The van der Waals surface area contributed by atoms with E-state index in [2.05, 4.69) is 36.3 Å². The summed E-state index contributed by atoms with van der Waals surface area (Å²) in [6, 6.07) is 15.0. The molecule has 26 heavy (non-hydrogen) atoms. The molecule has 0 unspecified atom stereocenters. The SMILES string of the molecule is O=C(Nc1nc(-c2cccc(Br)c2)cs1)c1ccc(-n2cncn2)cc1. The van der Waals surface area contributed by atoms with Crippen LogP contribution in [0.3, 0.4) is 0 Å². The average Bonchev–Trinajstić information content (AvgIpc) is 3.34. The fourth-order valence-electron chi connectivity index (χ4n) is 2.39. The van der Waals surface area contributed by atoms with Crippen molar-refractivity contribution in [2.24, 2.45) is 0 Å². The van der Waals surface area contributed by atoms with Gasteiger partial charge in [-0.25, -0.2) is 14.6 Å². The van der Waals surface area contributed by atoms with E-state index in [1.165, 1.54) is 17.7 Å². The first-order valence-electron chi connectivity index (χ1n) is 7.67. The molecule has 2 heterocycles. The number of carbonyl (C=O) groups excluding carboxylic acids is 1. The van der Waals surface area contributed by atoms with Gasteiger partial charge in [-0.3, -0.25) is 10.1 Å². The number of aromatic nitrogens is 4. The predicted octanol–water partition coefficient (Wildman–Crippen LogP) is 4.41. The van der Waals surface area contributed by atoms with E-state index in [1.807, 2.05) is 41.8 Å². The summed E-state index contributed by atoms with van der Waals surface area (Å²) in [5.41, 5.74) is 3.21. The minimum Gasteiger partial charge on any atom is -0.298 e. The molecule has 0 radical (unpaired) electrons. The highest BCUT2D eigenvalue weighted by Crippen LogP contribution is 2.27. The number of benzene rings is 2. The first-order valence-corrected chi connectivity index (χ1v) is 9.34. The van der Waals surface area contributed by atoms with E-state index in [4.69, 9.17) is 0 Å². The minimum absolute atomic E-state index is 0.203. The lowest BCUT2D eigenvalue weighted by molar-refractivity contribution is 0.102. The van der Waals surface area contributed by atoms with Crippen LogP contribution in [0.5, 0.6) is 0 Å². The molecule has 4 rings (SSSR count). The van der Waals surface area contributed by atoms with Crippen molar-refractivity contribution in [2.75, 3.05) is 5.32 Å². The zero-order chi connectivity index (χ0) is 17.9. The van der Waals surface area contributed by atoms with E-state index >= 15 is 0 Å². The highest BCUT2D eigenvalue weighted by molar-refractivity contribution is 9.10. The highest BCUT2D eigenvalue weighted by atomic mass is 79.9. The number of rotatable bonds is 4. The minimum atomic E-state index is -0.203. The van der Waals surface area contributed by atoms with Crippen molar-refractivity contribution in [3.63, 3.8) is 0 Å². The smallest absolute Gasteiger partial charge is 0.257 e. The summed E-state index contributed by atoms with van der Waals surface area (Å²) < 4.78 is 2.62. The van der Waals surface area contributed by atoms with Gasteiger partial charge in [0.05, 0.1) is 11.4 Å². The summed E-state index contributed by atoms with van der Waals surface area (Å²) in [4.78, 5) is 20.8. The van der Waals surface area contributed by atoms with Gasteiger partial charge in [0.25, 0.3) is 5.91 Å². The second kappa shape index (κ2) is 7.19. The van der Waals surface area contributed by atoms with Crippen molar-refractivity contribution in [1.82, 2.24) is 19.7 Å². The summed E-state index contributed by atoms with van der Waals surface area (Å²) >= 11 is 4.85. The second-order valence-corrected chi connectivity index (χ2v) is 7.16. The summed E-state index contributed by atoms with van der Waals surface area (Å²) in [6.45, 7) is 0. The molecule has 0 fully saturated rings. The number of thiazole rings is 1. The van der Waals surface area contributed by atoms with Crippen molar-refractivity contribution in [3.8, 4) is 16.9 Å². The quantitative estimate of drug-likeness (QED) is 0.525. The Hall–Kier alpha value is -2.84. The summed E-state index contributed by atoms with van der Waals surface area (Å²) in [6.07, 6.45) is 3.07. The Morgan fingerprint density at radius 1 is 1.15 bits per heavy atom. The van der Waals surface area contributed by atoms with Crippen molar-refractivity contribution in [2.45, 2.75) is 0 Å². The lowest BCUT2D eigenvalue weighted by Crippen LogP contribution is -2.11. The van der Waals surface area contributed by atoms with E-state index in [1.54, 1.807) is 23.1 Å². The maximum absolute atomic E-state index is 12.4. The first kappa shape index (κ1) is 16.6. The van der Waals surface area contributed by atoms with Crippen LogP contribution in [0.25, 0.3) is 16.9 Å². The molecular weight excluding hydrogens is 414 g/mol. The zero-order valence-corrected chi connectivity index (χ0v) is 15.7. The molecule has 0 aliphatic carbocycles. The van der Waals surface area contributed by atoms with Crippen LogP contribution in [0.2, 0.25) is 0 Å². The van der Waals surface area contributed by atoms with Crippen molar-refractivity contribution in [3.05, 3.63) is 76.6 Å². The number of hydrogen-bond donors (Lipinski definition) is 1. The number of amides is 1. The standard InChI is InChI=1S/C18H12BrN5OS/c19-14-3-1-2-13(8-14)16-9-26-18(22-16)23-17(25)12-4-6-15(7-5-12)24-11-20-10-21-24/h1-11H,(H,22,23,25). The van der Waals surface area contributed by atoms with Crippen molar-refractivity contribution >= 4 is 38.3 Å². The van der Waals surface area contributed by atoms with Gasteiger partial charge in [-0.2, -0.15) is 5.10 Å². The first-order chi connectivity index (χ1) is 12.7. The van der Waals surface area contributed by atoms with Crippen LogP contribution in [0, 0.1) is 0 Å². The Labute approximate surface area is 161 Å². The number of anilines is 1. The van der Waals surface area contributed by atoms with E-state index in [0.717, 1.165) is 21.4 Å². The summed E-state index contributed by atoms with van der Waals surface area (Å²) in [7, 11) is 0. The number of halogens is 1. The molecule has 0 aliphatic heterocycles. The lowest BCUT2D eigenvalue weighted by Gasteiger charge is -2.04. The number of carbonyl (C=O) groups is 1. The molecule has 0 saturated carbocycles. The second-order valence-electron chi connectivity index (χ2n) is 5.39. The number of nitrogens with one attached hydrogen (secondary N) is 1. The van der Waals surface area contributed by atoms with Crippen LogP contribution in [-0.4, -0.2) is 25.7 Å². The molecule has 8 heteroatoms. The monoisotopic (exact) mass is 425 g/mol. The normalized spacial score (nSPS) is 10.7. The zero-order valence-electron chi connectivity index (χ0n) is 13.3. The topological polar surface area (TPSA) is 72.7 Å². The third-order valence-electron chi connectivity index (χ3n) is 3.66. The third-order valence-corrected chi connectivity index (χ3v) is 4.91. The van der Waals surface area contributed by atoms with Crippen molar-refractivity contribution in [1.29, 1.82) is 0 Å². The van der Waals surface area contributed by atoms with Gasteiger partial charge in [0.15, 0.2) is 5.13 Å². The Morgan fingerprint density at radius 2 is 2.00 bits per heavy atom. The molecule has 0 spiro atoms. The maximum atomic E-state index is 12.4. The van der Waals surface area contributed by atoms with E-state index in [-0.39, 0.29) is 5.91 Å². The van der Waals surface area contributed by atoms with Crippen molar-refractivity contribution < 1.29 is 4.79 Å². The van der Waals surface area contributed by atoms with Gasteiger partial charge in [0.2, 0.25) is 0 Å². The Morgan fingerprint density at radius 3 is 2.73 bits per heavy atom. The molecule has 6 nitrogen and oxygen atoms in total. The molecule has 1 N–H and O–H groups in total. The molecule has 0 aliphatic rings. The van der Waals surface area contributed by atoms with Crippen LogP contribution in [0.1, 0.15) is 10.4 Å². The van der Waals surface area contributed by atoms with Crippen LogP contribution in [0.15, 0.2) is 71.0 Å². The van der Waals surface area contributed by atoms with E-state index < -0.39 is 0 Å². The molecule has 128 valence electrons. The maximum Gasteiger partial charge on any atom is 0.257 e. The van der Waals surface area contributed by atoms with Gasteiger partial charge >= 0.3 is 0 Å². The summed E-state index contributed by atoms with van der Waals surface area (Å²) in [5, 5.41) is 9.38. The number of hydrogen-bond acceptors (Lipinski definition) is 5. The van der Waals surface area contributed by atoms with Crippen LogP contribution in [0.4, 0.5) is 5.13 Å². The van der Waals surface area contributed by atoms with Gasteiger partial charge in [-0.15, -0.1) is 11.3 Å².